The SMILES string of the molecule is Cc1nn(C)cc1CNC1CCCCC1(C)C. The summed E-state index contributed by atoms with van der Waals surface area (Å²) in [7, 11) is 1.99. The zero-order valence-corrected chi connectivity index (χ0v) is 11.6. The number of aryl methyl sites for hydroxylation is 2. The van der Waals surface area contributed by atoms with Gasteiger partial charge in [-0.15, -0.1) is 0 Å². The van der Waals surface area contributed by atoms with E-state index in [1.54, 1.807) is 0 Å². The lowest BCUT2D eigenvalue weighted by molar-refractivity contribution is 0.166. The Morgan fingerprint density at radius 1 is 1.47 bits per heavy atom. The average molecular weight is 235 g/mol. The first-order valence-electron chi connectivity index (χ1n) is 6.71. The van der Waals surface area contributed by atoms with E-state index in [0.29, 0.717) is 11.5 Å². The Balaban J connectivity index is 1.95. The molecule has 0 radical (unpaired) electrons. The van der Waals surface area contributed by atoms with Crippen LogP contribution >= 0.6 is 0 Å². The fourth-order valence-corrected chi connectivity index (χ4v) is 2.93. The summed E-state index contributed by atoms with van der Waals surface area (Å²) in [5, 5.41) is 8.12. The molecular weight excluding hydrogens is 210 g/mol. The molecule has 2 rings (SSSR count). The molecule has 0 amide bonds. The second-order valence-corrected chi connectivity index (χ2v) is 6.08. The van der Waals surface area contributed by atoms with Crippen LogP contribution in [0, 0.1) is 12.3 Å². The molecule has 1 atom stereocenters. The lowest BCUT2D eigenvalue weighted by atomic mass is 9.73. The van der Waals surface area contributed by atoms with Crippen LogP contribution in [-0.2, 0) is 13.6 Å². The standard InChI is InChI=1S/C14H25N3/c1-11-12(10-17(4)16-11)9-15-13-7-5-6-8-14(13,2)3/h10,13,15H,5-9H2,1-4H3. The average Bonchev–Trinajstić information content (AvgIpc) is 2.55. The van der Waals surface area contributed by atoms with Crippen molar-refractivity contribution < 1.29 is 0 Å². The number of hydrogen-bond acceptors (Lipinski definition) is 2. The van der Waals surface area contributed by atoms with E-state index >= 15 is 0 Å². The minimum atomic E-state index is 0.439. The van der Waals surface area contributed by atoms with Gasteiger partial charge in [-0.2, -0.15) is 5.10 Å². The maximum atomic E-state index is 4.39. The third kappa shape index (κ3) is 2.89. The summed E-state index contributed by atoms with van der Waals surface area (Å²) in [5.41, 5.74) is 2.91. The second kappa shape index (κ2) is 4.81. The molecule has 0 bridgehead atoms. The molecule has 3 heteroatoms. The lowest BCUT2D eigenvalue weighted by Crippen LogP contribution is -2.43. The van der Waals surface area contributed by atoms with Gasteiger partial charge in [-0.1, -0.05) is 26.7 Å². The normalized spacial score (nSPS) is 23.9. The summed E-state index contributed by atoms with van der Waals surface area (Å²) in [4.78, 5) is 0. The monoisotopic (exact) mass is 235 g/mol. The van der Waals surface area contributed by atoms with Crippen LogP contribution in [0.15, 0.2) is 6.20 Å². The van der Waals surface area contributed by atoms with Gasteiger partial charge >= 0.3 is 0 Å². The highest BCUT2D eigenvalue weighted by atomic mass is 15.3. The molecule has 96 valence electrons. The fraction of sp³-hybridized carbons (Fsp3) is 0.786. The smallest absolute Gasteiger partial charge is 0.0638 e. The number of nitrogens with zero attached hydrogens (tertiary/aromatic N) is 2. The molecule has 0 spiro atoms. The van der Waals surface area contributed by atoms with Crippen molar-refractivity contribution in [1.82, 2.24) is 15.1 Å². The predicted molar refractivity (Wildman–Crippen MR) is 70.8 cm³/mol. The van der Waals surface area contributed by atoms with E-state index in [-0.39, 0.29) is 0 Å². The lowest BCUT2D eigenvalue weighted by Gasteiger charge is -2.39. The summed E-state index contributed by atoms with van der Waals surface area (Å²) in [6.07, 6.45) is 7.53. The van der Waals surface area contributed by atoms with Crippen LogP contribution in [0.1, 0.15) is 50.8 Å². The van der Waals surface area contributed by atoms with Crippen LogP contribution in [-0.4, -0.2) is 15.8 Å². The highest BCUT2D eigenvalue weighted by Gasteiger charge is 2.31. The van der Waals surface area contributed by atoms with E-state index < -0.39 is 0 Å². The Bertz CT molecular complexity index is 379. The molecule has 0 aliphatic heterocycles. The summed E-state index contributed by atoms with van der Waals surface area (Å²) in [6.45, 7) is 7.82. The summed E-state index contributed by atoms with van der Waals surface area (Å²) in [5.74, 6) is 0. The van der Waals surface area contributed by atoms with Crippen molar-refractivity contribution in [1.29, 1.82) is 0 Å². The molecule has 1 heterocycles. The van der Waals surface area contributed by atoms with Gasteiger partial charge in [0.05, 0.1) is 5.69 Å². The third-order valence-electron chi connectivity index (χ3n) is 4.16. The van der Waals surface area contributed by atoms with Gasteiger partial charge in [0.2, 0.25) is 0 Å². The molecule has 1 unspecified atom stereocenters. The van der Waals surface area contributed by atoms with Gasteiger partial charge in [0.1, 0.15) is 0 Å². The van der Waals surface area contributed by atoms with Gasteiger partial charge in [0, 0.05) is 31.4 Å². The Morgan fingerprint density at radius 2 is 2.24 bits per heavy atom. The highest BCUT2D eigenvalue weighted by Crippen LogP contribution is 2.35. The molecule has 1 aromatic rings. The number of rotatable bonds is 3. The van der Waals surface area contributed by atoms with E-state index in [4.69, 9.17) is 0 Å². The van der Waals surface area contributed by atoms with E-state index in [1.807, 2.05) is 11.7 Å². The van der Waals surface area contributed by atoms with Crippen molar-refractivity contribution in [3.63, 3.8) is 0 Å². The van der Waals surface area contributed by atoms with Gasteiger partial charge in [-0.05, 0) is 25.2 Å². The molecular formula is C14H25N3. The molecule has 1 aliphatic carbocycles. The molecule has 0 aromatic carbocycles. The number of hydrogen-bond donors (Lipinski definition) is 1. The van der Waals surface area contributed by atoms with Gasteiger partial charge in [-0.3, -0.25) is 4.68 Å². The fourth-order valence-electron chi connectivity index (χ4n) is 2.93. The number of nitrogens with one attached hydrogen (secondary N) is 1. The molecule has 1 N–H and O–H groups in total. The summed E-state index contributed by atoms with van der Waals surface area (Å²) < 4.78 is 1.90. The quantitative estimate of drug-likeness (QED) is 0.873. The molecule has 1 saturated carbocycles. The highest BCUT2D eigenvalue weighted by molar-refractivity contribution is 5.15. The Morgan fingerprint density at radius 3 is 2.82 bits per heavy atom. The molecule has 17 heavy (non-hydrogen) atoms. The minimum Gasteiger partial charge on any atom is -0.309 e. The largest absolute Gasteiger partial charge is 0.309 e. The molecule has 0 saturated heterocycles. The maximum absolute atomic E-state index is 4.39. The van der Waals surface area contributed by atoms with Crippen molar-refractivity contribution in [2.45, 2.75) is 59.0 Å². The number of aromatic nitrogens is 2. The van der Waals surface area contributed by atoms with Crippen LogP contribution in [0.2, 0.25) is 0 Å². The first kappa shape index (κ1) is 12.6. The Labute approximate surface area is 105 Å². The Kier molecular flexibility index (Phi) is 3.57. The summed E-state index contributed by atoms with van der Waals surface area (Å²) in [6, 6.07) is 0.649. The zero-order chi connectivity index (χ0) is 12.5. The van der Waals surface area contributed by atoms with E-state index in [9.17, 15) is 0 Å². The first-order chi connectivity index (χ1) is 7.99. The molecule has 1 fully saturated rings. The van der Waals surface area contributed by atoms with E-state index in [0.717, 1.165) is 12.2 Å². The summed E-state index contributed by atoms with van der Waals surface area (Å²) >= 11 is 0. The van der Waals surface area contributed by atoms with Crippen LogP contribution in [0.4, 0.5) is 0 Å². The van der Waals surface area contributed by atoms with Crippen LogP contribution in [0.5, 0.6) is 0 Å². The van der Waals surface area contributed by atoms with Gasteiger partial charge in [0.15, 0.2) is 0 Å². The Hall–Kier alpha value is -0.830. The van der Waals surface area contributed by atoms with Crippen molar-refractivity contribution >= 4 is 0 Å². The van der Waals surface area contributed by atoms with Crippen molar-refractivity contribution in [2.75, 3.05) is 0 Å². The van der Waals surface area contributed by atoms with Crippen molar-refractivity contribution in [3.05, 3.63) is 17.5 Å². The van der Waals surface area contributed by atoms with Gasteiger partial charge in [-0.25, -0.2) is 0 Å². The topological polar surface area (TPSA) is 29.9 Å². The van der Waals surface area contributed by atoms with E-state index in [2.05, 4.69) is 37.4 Å². The third-order valence-corrected chi connectivity index (χ3v) is 4.16. The zero-order valence-electron chi connectivity index (χ0n) is 11.6. The predicted octanol–water partition coefficient (Wildman–Crippen LogP) is 2.79. The molecule has 1 aromatic heterocycles. The minimum absolute atomic E-state index is 0.439. The molecule has 1 aliphatic rings. The van der Waals surface area contributed by atoms with Crippen molar-refractivity contribution in [2.24, 2.45) is 12.5 Å². The van der Waals surface area contributed by atoms with Crippen LogP contribution in [0.3, 0.4) is 0 Å². The second-order valence-electron chi connectivity index (χ2n) is 6.08. The maximum Gasteiger partial charge on any atom is 0.0638 e. The van der Waals surface area contributed by atoms with E-state index in [1.165, 1.54) is 31.2 Å². The van der Waals surface area contributed by atoms with Gasteiger partial charge in [0.25, 0.3) is 0 Å². The van der Waals surface area contributed by atoms with Crippen LogP contribution in [0.25, 0.3) is 0 Å². The van der Waals surface area contributed by atoms with Crippen LogP contribution < -0.4 is 5.32 Å². The first-order valence-corrected chi connectivity index (χ1v) is 6.71. The molecule has 3 nitrogen and oxygen atoms in total. The van der Waals surface area contributed by atoms with Gasteiger partial charge < -0.3 is 5.32 Å². The van der Waals surface area contributed by atoms with Crippen molar-refractivity contribution in [3.8, 4) is 0 Å².